The van der Waals surface area contributed by atoms with E-state index in [4.69, 9.17) is 11.6 Å². The van der Waals surface area contributed by atoms with E-state index in [1.807, 2.05) is 6.07 Å². The third-order valence-corrected chi connectivity index (χ3v) is 3.87. The van der Waals surface area contributed by atoms with E-state index in [1.165, 1.54) is 6.07 Å². The van der Waals surface area contributed by atoms with Crippen LogP contribution < -0.4 is 5.32 Å². The van der Waals surface area contributed by atoms with Gasteiger partial charge in [0.15, 0.2) is 0 Å². The van der Waals surface area contributed by atoms with Gasteiger partial charge in [0.25, 0.3) is 0 Å². The summed E-state index contributed by atoms with van der Waals surface area (Å²) in [7, 11) is 0. The molecule has 1 unspecified atom stereocenters. The van der Waals surface area contributed by atoms with Gasteiger partial charge in [0.1, 0.15) is 17.6 Å². The Morgan fingerprint density at radius 2 is 2.05 bits per heavy atom. The molecule has 2 aromatic carbocycles. The van der Waals surface area contributed by atoms with Crippen molar-refractivity contribution in [2.75, 3.05) is 5.32 Å². The van der Waals surface area contributed by atoms with Crippen LogP contribution >= 0.6 is 27.5 Å². The van der Waals surface area contributed by atoms with Crippen LogP contribution in [0, 0.1) is 17.1 Å². The summed E-state index contributed by atoms with van der Waals surface area (Å²) in [5, 5.41) is 22.4. The monoisotopic (exact) mass is 354 g/mol. The lowest BCUT2D eigenvalue weighted by Crippen LogP contribution is -2.09. The van der Waals surface area contributed by atoms with Crippen molar-refractivity contribution in [1.82, 2.24) is 0 Å². The molecule has 3 nitrogen and oxygen atoms in total. The number of nitrogens with zero attached hydrogens (tertiary/aromatic N) is 1. The average Bonchev–Trinajstić information content (AvgIpc) is 2.43. The molecule has 0 aromatic heterocycles. The number of aromatic hydroxyl groups is 1. The Morgan fingerprint density at radius 1 is 1.30 bits per heavy atom. The van der Waals surface area contributed by atoms with E-state index in [0.717, 1.165) is 12.1 Å². The maximum atomic E-state index is 13.2. The lowest BCUT2D eigenvalue weighted by atomic mass is 10.1. The van der Waals surface area contributed by atoms with E-state index in [9.17, 15) is 14.8 Å². The maximum Gasteiger partial charge on any atom is 0.143 e. The van der Waals surface area contributed by atoms with Gasteiger partial charge in [0.2, 0.25) is 0 Å². The van der Waals surface area contributed by atoms with E-state index in [2.05, 4.69) is 21.2 Å². The van der Waals surface area contributed by atoms with Crippen LogP contribution in [0.25, 0.3) is 0 Å². The highest BCUT2D eigenvalue weighted by molar-refractivity contribution is 9.10. The predicted molar refractivity (Wildman–Crippen MR) is 79.2 cm³/mol. The maximum absolute atomic E-state index is 13.2. The first-order valence-corrected chi connectivity index (χ1v) is 6.78. The van der Waals surface area contributed by atoms with Crippen LogP contribution in [0.15, 0.2) is 40.9 Å². The molecule has 2 N–H and O–H groups in total. The highest BCUT2D eigenvalue weighted by Gasteiger charge is 2.16. The van der Waals surface area contributed by atoms with Gasteiger partial charge in [-0.05, 0) is 52.3 Å². The van der Waals surface area contributed by atoms with Crippen molar-refractivity contribution < 1.29 is 9.50 Å². The van der Waals surface area contributed by atoms with Gasteiger partial charge in [0.05, 0.1) is 11.1 Å². The Kier molecular flexibility index (Phi) is 4.48. The standard InChI is InChI=1S/C14H9BrClFN2O/c15-11-6-9(2-3-12(11)16)19-13(7-18)10-5-8(17)1-4-14(10)20/h1-6,13,19-20H. The Morgan fingerprint density at radius 3 is 2.70 bits per heavy atom. The molecule has 102 valence electrons. The van der Waals surface area contributed by atoms with Gasteiger partial charge in [-0.15, -0.1) is 0 Å². The summed E-state index contributed by atoms with van der Waals surface area (Å²) >= 11 is 9.16. The fourth-order valence-corrected chi connectivity index (χ4v) is 2.19. The number of hydrogen-bond acceptors (Lipinski definition) is 3. The Hall–Kier alpha value is -1.77. The van der Waals surface area contributed by atoms with Gasteiger partial charge >= 0.3 is 0 Å². The normalized spacial score (nSPS) is 11.7. The van der Waals surface area contributed by atoms with Gasteiger partial charge in [-0.2, -0.15) is 5.26 Å². The summed E-state index contributed by atoms with van der Waals surface area (Å²) in [6, 6.07) is 9.63. The minimum absolute atomic E-state index is 0.140. The zero-order valence-electron chi connectivity index (χ0n) is 10.1. The zero-order valence-corrected chi connectivity index (χ0v) is 12.4. The highest BCUT2D eigenvalue weighted by Crippen LogP contribution is 2.30. The van der Waals surface area contributed by atoms with Crippen molar-refractivity contribution in [3.8, 4) is 11.8 Å². The molecule has 20 heavy (non-hydrogen) atoms. The van der Waals surface area contributed by atoms with Crippen molar-refractivity contribution in [3.05, 3.63) is 57.3 Å². The Labute approximate surface area is 128 Å². The largest absolute Gasteiger partial charge is 0.508 e. The number of nitriles is 1. The van der Waals surface area contributed by atoms with Crippen molar-refractivity contribution >= 4 is 33.2 Å². The summed E-state index contributed by atoms with van der Waals surface area (Å²) in [5.74, 6) is -0.657. The molecule has 0 aliphatic rings. The fourth-order valence-electron chi connectivity index (χ4n) is 1.69. The quantitative estimate of drug-likeness (QED) is 0.844. The molecule has 0 aliphatic carbocycles. The number of phenolic OH excluding ortho intramolecular Hbond substituents is 1. The lowest BCUT2D eigenvalue weighted by molar-refractivity contribution is 0.464. The van der Waals surface area contributed by atoms with Gasteiger partial charge in [-0.1, -0.05) is 11.6 Å². The first kappa shape index (κ1) is 14.6. The van der Waals surface area contributed by atoms with Crippen LogP contribution in [0.2, 0.25) is 5.02 Å². The van der Waals surface area contributed by atoms with Crippen LogP contribution in [-0.2, 0) is 0 Å². The predicted octanol–water partition coefficient (Wildman–Crippen LogP) is 4.62. The molecule has 0 aliphatic heterocycles. The number of phenols is 1. The van der Waals surface area contributed by atoms with Crippen molar-refractivity contribution in [2.45, 2.75) is 6.04 Å². The molecule has 0 saturated carbocycles. The lowest BCUT2D eigenvalue weighted by Gasteiger charge is -2.15. The molecule has 0 spiro atoms. The second-order valence-corrected chi connectivity index (χ2v) is 5.30. The molecule has 0 fully saturated rings. The number of anilines is 1. The van der Waals surface area contributed by atoms with Gasteiger partial charge < -0.3 is 10.4 Å². The molecule has 1 atom stereocenters. The van der Waals surface area contributed by atoms with Gasteiger partial charge in [0, 0.05) is 15.7 Å². The summed E-state index contributed by atoms with van der Waals surface area (Å²) < 4.78 is 13.9. The molecule has 0 bridgehead atoms. The zero-order chi connectivity index (χ0) is 14.7. The molecule has 2 aromatic rings. The average molecular weight is 356 g/mol. The second-order valence-electron chi connectivity index (χ2n) is 4.04. The summed E-state index contributed by atoms with van der Waals surface area (Å²) in [6.45, 7) is 0. The van der Waals surface area contributed by atoms with E-state index in [1.54, 1.807) is 18.2 Å². The van der Waals surface area contributed by atoms with Crippen LogP contribution in [-0.4, -0.2) is 5.11 Å². The Balaban J connectivity index is 2.31. The molecule has 0 amide bonds. The summed E-state index contributed by atoms with van der Waals surface area (Å²) in [5.41, 5.74) is 0.801. The number of hydrogen-bond donors (Lipinski definition) is 2. The number of halogens is 3. The molecule has 0 saturated heterocycles. The molecular formula is C14H9BrClFN2O. The molecule has 0 heterocycles. The SMILES string of the molecule is N#CC(Nc1ccc(Cl)c(Br)c1)c1cc(F)ccc1O. The molecule has 2 rings (SSSR count). The van der Waals surface area contributed by atoms with E-state index in [0.29, 0.717) is 15.2 Å². The van der Waals surface area contributed by atoms with E-state index in [-0.39, 0.29) is 11.3 Å². The second kappa shape index (κ2) is 6.12. The molecule has 0 radical (unpaired) electrons. The van der Waals surface area contributed by atoms with E-state index < -0.39 is 11.9 Å². The van der Waals surface area contributed by atoms with Crippen LogP contribution in [0.1, 0.15) is 11.6 Å². The van der Waals surface area contributed by atoms with Crippen LogP contribution in [0.3, 0.4) is 0 Å². The topological polar surface area (TPSA) is 56.0 Å². The van der Waals surface area contributed by atoms with Crippen molar-refractivity contribution in [1.29, 1.82) is 5.26 Å². The van der Waals surface area contributed by atoms with Crippen molar-refractivity contribution in [3.63, 3.8) is 0 Å². The smallest absolute Gasteiger partial charge is 0.143 e. The summed E-state index contributed by atoms with van der Waals surface area (Å²) in [4.78, 5) is 0. The minimum atomic E-state index is -0.876. The number of rotatable bonds is 3. The highest BCUT2D eigenvalue weighted by atomic mass is 79.9. The third kappa shape index (κ3) is 3.21. The summed E-state index contributed by atoms with van der Waals surface area (Å²) in [6.07, 6.45) is 0. The van der Waals surface area contributed by atoms with Crippen LogP contribution in [0.4, 0.5) is 10.1 Å². The Bertz CT molecular complexity index is 687. The number of nitrogens with one attached hydrogen (secondary N) is 1. The van der Waals surface area contributed by atoms with Gasteiger partial charge in [-0.3, -0.25) is 0 Å². The molecular weight excluding hydrogens is 347 g/mol. The number of benzene rings is 2. The first-order chi connectivity index (χ1) is 9.51. The van der Waals surface area contributed by atoms with Crippen LogP contribution in [0.5, 0.6) is 5.75 Å². The fraction of sp³-hybridized carbons (Fsp3) is 0.0714. The first-order valence-electron chi connectivity index (χ1n) is 5.61. The van der Waals surface area contributed by atoms with Crippen molar-refractivity contribution in [2.24, 2.45) is 0 Å². The van der Waals surface area contributed by atoms with E-state index >= 15 is 0 Å². The van der Waals surface area contributed by atoms with Gasteiger partial charge in [-0.25, -0.2) is 4.39 Å². The minimum Gasteiger partial charge on any atom is -0.508 e. The molecule has 6 heteroatoms. The third-order valence-electron chi connectivity index (χ3n) is 2.66.